The SMILES string of the molecule is Cn1c(Br)[n+](C)c2ccccc21. The lowest BCUT2D eigenvalue weighted by molar-refractivity contribution is -0.657. The third-order valence-corrected chi connectivity index (χ3v) is 3.22. The van der Waals surface area contributed by atoms with Gasteiger partial charge < -0.3 is 0 Å². The molecule has 0 fully saturated rings. The summed E-state index contributed by atoms with van der Waals surface area (Å²) in [6, 6.07) is 8.32. The third-order valence-electron chi connectivity index (χ3n) is 2.16. The van der Waals surface area contributed by atoms with Crippen LogP contribution in [0.2, 0.25) is 0 Å². The molecule has 0 atom stereocenters. The molecular formula is C9H10BrN2+. The van der Waals surface area contributed by atoms with Crippen LogP contribution < -0.4 is 4.57 Å². The van der Waals surface area contributed by atoms with Crippen LogP contribution >= 0.6 is 15.9 Å². The van der Waals surface area contributed by atoms with E-state index in [2.05, 4.69) is 49.3 Å². The number of aryl methyl sites for hydroxylation is 2. The number of imidazole rings is 1. The topological polar surface area (TPSA) is 8.81 Å². The first-order valence-corrected chi connectivity index (χ1v) is 4.60. The van der Waals surface area contributed by atoms with E-state index < -0.39 is 0 Å². The second kappa shape index (κ2) is 2.59. The molecule has 0 aliphatic rings. The van der Waals surface area contributed by atoms with Crippen molar-refractivity contribution in [2.45, 2.75) is 0 Å². The second-order valence-corrected chi connectivity index (χ2v) is 3.59. The van der Waals surface area contributed by atoms with Crippen molar-refractivity contribution in [3.8, 4) is 0 Å². The van der Waals surface area contributed by atoms with Gasteiger partial charge in [0.1, 0.15) is 0 Å². The monoisotopic (exact) mass is 225 g/mol. The van der Waals surface area contributed by atoms with Crippen molar-refractivity contribution in [3.63, 3.8) is 0 Å². The van der Waals surface area contributed by atoms with Crippen molar-refractivity contribution in [2.75, 3.05) is 0 Å². The molecule has 12 heavy (non-hydrogen) atoms. The first-order chi connectivity index (χ1) is 5.72. The van der Waals surface area contributed by atoms with Crippen LogP contribution in [0.3, 0.4) is 0 Å². The average Bonchev–Trinajstić information content (AvgIpc) is 2.33. The first kappa shape index (κ1) is 7.80. The van der Waals surface area contributed by atoms with Crippen LogP contribution in [0, 0.1) is 0 Å². The Labute approximate surface area is 79.6 Å². The lowest BCUT2D eigenvalue weighted by Gasteiger charge is -1.84. The Bertz CT molecular complexity index is 392. The summed E-state index contributed by atoms with van der Waals surface area (Å²) in [5, 5.41) is 0. The summed E-state index contributed by atoms with van der Waals surface area (Å²) in [5.74, 6) is 0. The van der Waals surface area contributed by atoms with Crippen LogP contribution in [0.5, 0.6) is 0 Å². The molecule has 0 saturated heterocycles. The zero-order valence-electron chi connectivity index (χ0n) is 7.08. The van der Waals surface area contributed by atoms with Gasteiger partial charge in [-0.3, -0.25) is 0 Å². The van der Waals surface area contributed by atoms with Gasteiger partial charge in [0.15, 0.2) is 11.0 Å². The Morgan fingerprint density at radius 3 is 2.67 bits per heavy atom. The van der Waals surface area contributed by atoms with E-state index in [1.165, 1.54) is 11.0 Å². The van der Waals surface area contributed by atoms with Crippen LogP contribution in [-0.2, 0) is 14.1 Å². The predicted molar refractivity (Wildman–Crippen MR) is 51.8 cm³/mol. The van der Waals surface area contributed by atoms with E-state index in [1.54, 1.807) is 0 Å². The van der Waals surface area contributed by atoms with Gasteiger partial charge in [-0.05, 0) is 12.1 Å². The van der Waals surface area contributed by atoms with Gasteiger partial charge in [-0.15, -0.1) is 0 Å². The highest BCUT2D eigenvalue weighted by atomic mass is 79.9. The van der Waals surface area contributed by atoms with Crippen LogP contribution in [0.25, 0.3) is 11.0 Å². The number of para-hydroxylation sites is 2. The van der Waals surface area contributed by atoms with Crippen molar-refractivity contribution in [2.24, 2.45) is 14.1 Å². The molecule has 2 nitrogen and oxygen atoms in total. The minimum absolute atomic E-state index is 1.09. The molecule has 0 unspecified atom stereocenters. The van der Waals surface area contributed by atoms with Crippen molar-refractivity contribution in [1.29, 1.82) is 0 Å². The molecule has 0 radical (unpaired) electrons. The van der Waals surface area contributed by atoms with E-state index in [0.29, 0.717) is 0 Å². The molecule has 0 bridgehead atoms. The number of halogens is 1. The van der Waals surface area contributed by atoms with Crippen LogP contribution in [0.15, 0.2) is 29.0 Å². The molecule has 0 aliphatic carbocycles. The Morgan fingerprint density at radius 2 is 2.00 bits per heavy atom. The zero-order valence-corrected chi connectivity index (χ0v) is 8.67. The van der Waals surface area contributed by atoms with E-state index in [4.69, 9.17) is 0 Å². The molecule has 1 heterocycles. The molecule has 3 heteroatoms. The van der Waals surface area contributed by atoms with Gasteiger partial charge in [0.2, 0.25) is 0 Å². The highest BCUT2D eigenvalue weighted by molar-refractivity contribution is 9.10. The average molecular weight is 226 g/mol. The number of aromatic nitrogens is 2. The largest absolute Gasteiger partial charge is 0.325 e. The number of fused-ring (bicyclic) bond motifs is 1. The maximum atomic E-state index is 3.52. The highest BCUT2D eigenvalue weighted by Crippen LogP contribution is 2.15. The molecule has 0 N–H and O–H groups in total. The quantitative estimate of drug-likeness (QED) is 0.605. The molecular weight excluding hydrogens is 216 g/mol. The number of nitrogens with zero attached hydrogens (tertiary/aromatic N) is 2. The fourth-order valence-electron chi connectivity index (χ4n) is 1.46. The highest BCUT2D eigenvalue weighted by Gasteiger charge is 2.15. The fourth-order valence-corrected chi connectivity index (χ4v) is 1.84. The summed E-state index contributed by atoms with van der Waals surface area (Å²) in [6.07, 6.45) is 0. The van der Waals surface area contributed by atoms with Gasteiger partial charge in [0.05, 0.1) is 14.1 Å². The van der Waals surface area contributed by atoms with Gasteiger partial charge >= 0.3 is 4.73 Å². The first-order valence-electron chi connectivity index (χ1n) is 3.81. The van der Waals surface area contributed by atoms with Crippen LogP contribution in [0.4, 0.5) is 0 Å². The molecule has 0 saturated carbocycles. The molecule has 1 aromatic carbocycles. The fraction of sp³-hybridized carbons (Fsp3) is 0.222. The Morgan fingerprint density at radius 1 is 1.33 bits per heavy atom. The molecule has 0 aliphatic heterocycles. The minimum atomic E-state index is 1.09. The maximum Gasteiger partial charge on any atom is 0.325 e. The van der Waals surface area contributed by atoms with Crippen LogP contribution in [0.1, 0.15) is 0 Å². The van der Waals surface area contributed by atoms with E-state index in [-0.39, 0.29) is 0 Å². The zero-order chi connectivity index (χ0) is 8.72. The van der Waals surface area contributed by atoms with Crippen molar-refractivity contribution >= 4 is 27.0 Å². The smallest absolute Gasteiger partial charge is 0.220 e. The van der Waals surface area contributed by atoms with Gasteiger partial charge in [-0.2, -0.15) is 0 Å². The number of hydrogen-bond acceptors (Lipinski definition) is 0. The van der Waals surface area contributed by atoms with Crippen molar-refractivity contribution in [3.05, 3.63) is 29.0 Å². The molecule has 0 amide bonds. The summed E-state index contributed by atoms with van der Waals surface area (Å²) in [6.45, 7) is 0. The molecule has 62 valence electrons. The number of hydrogen-bond donors (Lipinski definition) is 0. The lowest BCUT2D eigenvalue weighted by Crippen LogP contribution is -2.28. The summed E-state index contributed by atoms with van der Waals surface area (Å²) in [7, 11) is 4.10. The summed E-state index contributed by atoms with van der Waals surface area (Å²) in [4.78, 5) is 0. The predicted octanol–water partition coefficient (Wildman–Crippen LogP) is 1.77. The van der Waals surface area contributed by atoms with E-state index in [0.717, 1.165) is 4.73 Å². The Balaban J connectivity index is 2.99. The van der Waals surface area contributed by atoms with E-state index in [9.17, 15) is 0 Å². The van der Waals surface area contributed by atoms with Gasteiger partial charge in [-0.25, -0.2) is 9.13 Å². The van der Waals surface area contributed by atoms with E-state index in [1.807, 2.05) is 14.1 Å². The van der Waals surface area contributed by atoms with E-state index >= 15 is 0 Å². The molecule has 0 spiro atoms. The maximum absolute atomic E-state index is 3.52. The minimum Gasteiger partial charge on any atom is -0.220 e. The number of rotatable bonds is 0. The summed E-state index contributed by atoms with van der Waals surface area (Å²) < 4.78 is 5.33. The standard InChI is InChI=1S/C9H10BrN2/c1-11-7-5-3-4-6-8(7)12(2)9(11)10/h3-6H,1-2H3/q+1. The Hall–Kier alpha value is -0.830. The van der Waals surface area contributed by atoms with Crippen molar-refractivity contribution in [1.82, 2.24) is 4.57 Å². The van der Waals surface area contributed by atoms with Gasteiger partial charge in [0, 0.05) is 15.9 Å². The van der Waals surface area contributed by atoms with Gasteiger partial charge in [-0.1, -0.05) is 12.1 Å². The van der Waals surface area contributed by atoms with Gasteiger partial charge in [0.25, 0.3) is 0 Å². The number of benzene rings is 1. The second-order valence-electron chi connectivity index (χ2n) is 2.88. The van der Waals surface area contributed by atoms with Crippen molar-refractivity contribution < 1.29 is 4.57 Å². The normalized spacial score (nSPS) is 10.9. The lowest BCUT2D eigenvalue weighted by atomic mass is 10.3. The molecule has 1 aromatic heterocycles. The Kier molecular flexibility index (Phi) is 1.68. The van der Waals surface area contributed by atoms with Crippen LogP contribution in [-0.4, -0.2) is 4.57 Å². The molecule has 2 rings (SSSR count). The molecule has 2 aromatic rings. The summed E-state index contributed by atoms with van der Waals surface area (Å²) in [5.41, 5.74) is 2.48. The summed E-state index contributed by atoms with van der Waals surface area (Å²) >= 11 is 3.52. The third kappa shape index (κ3) is 0.894.